The van der Waals surface area contributed by atoms with Crippen molar-refractivity contribution in [3.8, 4) is 16.8 Å². The van der Waals surface area contributed by atoms with E-state index in [4.69, 9.17) is 21.6 Å². The van der Waals surface area contributed by atoms with Crippen molar-refractivity contribution in [1.82, 2.24) is 19.4 Å². The first-order chi connectivity index (χ1) is 19.2. The molecule has 194 valence electrons. The summed E-state index contributed by atoms with van der Waals surface area (Å²) in [5, 5.41) is 1.69. The van der Waals surface area contributed by atoms with Crippen molar-refractivity contribution >= 4 is 34.4 Å². The molecule has 2 unspecified atom stereocenters. The fourth-order valence-corrected chi connectivity index (χ4v) is 6.04. The number of halogens is 1. The number of nitrogens with zero attached hydrogens (tertiary/aromatic N) is 5. The van der Waals surface area contributed by atoms with Crippen LogP contribution in [0.1, 0.15) is 17.9 Å². The zero-order valence-electron chi connectivity index (χ0n) is 21.5. The molecule has 0 bridgehead atoms. The number of amides is 1. The topological polar surface area (TPSA) is 54.3 Å². The molecule has 1 aliphatic carbocycles. The minimum absolute atomic E-state index is 0.112. The Morgan fingerprint density at radius 3 is 2.33 bits per heavy atom. The van der Waals surface area contributed by atoms with Gasteiger partial charge in [0.2, 0.25) is 5.91 Å². The Balaban J connectivity index is 1.18. The molecule has 1 aliphatic heterocycles. The van der Waals surface area contributed by atoms with E-state index in [9.17, 15) is 4.79 Å². The van der Waals surface area contributed by atoms with E-state index in [0.29, 0.717) is 24.0 Å². The average Bonchev–Trinajstić information content (AvgIpc) is 3.70. The molecule has 2 atom stereocenters. The van der Waals surface area contributed by atoms with Crippen LogP contribution in [0.15, 0.2) is 97.5 Å². The smallest absolute Gasteiger partial charge is 0.226 e. The van der Waals surface area contributed by atoms with Crippen molar-refractivity contribution in [1.29, 1.82) is 0 Å². The number of hydrogen-bond acceptors (Lipinski definition) is 4. The molecule has 6 nitrogen and oxygen atoms in total. The van der Waals surface area contributed by atoms with Gasteiger partial charge in [0.15, 0.2) is 5.65 Å². The van der Waals surface area contributed by atoms with Crippen LogP contribution in [0, 0.1) is 5.92 Å². The van der Waals surface area contributed by atoms with Crippen molar-refractivity contribution in [3.63, 3.8) is 0 Å². The van der Waals surface area contributed by atoms with Crippen LogP contribution in [0.2, 0.25) is 5.02 Å². The Morgan fingerprint density at radius 1 is 0.846 bits per heavy atom. The van der Waals surface area contributed by atoms with Gasteiger partial charge in [0.05, 0.1) is 5.39 Å². The highest BCUT2D eigenvalue weighted by Crippen LogP contribution is 2.48. The molecular formula is C32H28ClN5O. The number of carbonyl (C=O) groups is 1. The normalized spacial score (nSPS) is 18.9. The fraction of sp³-hybridized carbons (Fsp3) is 0.219. The second-order valence-corrected chi connectivity index (χ2v) is 10.8. The van der Waals surface area contributed by atoms with Gasteiger partial charge in [0, 0.05) is 54.6 Å². The molecule has 2 fully saturated rings. The van der Waals surface area contributed by atoms with E-state index < -0.39 is 0 Å². The summed E-state index contributed by atoms with van der Waals surface area (Å²) in [6, 6.07) is 28.6. The molecule has 39 heavy (non-hydrogen) atoms. The summed E-state index contributed by atoms with van der Waals surface area (Å²) in [7, 11) is 0. The molecule has 3 heterocycles. The fourth-order valence-electron chi connectivity index (χ4n) is 5.85. The molecule has 0 spiro atoms. The molecular weight excluding hydrogens is 506 g/mol. The largest absolute Gasteiger partial charge is 0.352 e. The summed E-state index contributed by atoms with van der Waals surface area (Å²) in [6.07, 6.45) is 4.72. The Bertz CT molecular complexity index is 1640. The minimum Gasteiger partial charge on any atom is -0.352 e. The number of piperazine rings is 1. The first kappa shape index (κ1) is 23.9. The number of fused-ring (bicyclic) bond motifs is 1. The average molecular weight is 534 g/mol. The maximum Gasteiger partial charge on any atom is 0.226 e. The molecule has 0 N–H and O–H groups in total. The molecule has 3 aromatic carbocycles. The minimum atomic E-state index is 0.112. The lowest BCUT2D eigenvalue weighted by Crippen LogP contribution is -2.49. The Morgan fingerprint density at radius 2 is 1.59 bits per heavy atom. The number of aromatic nitrogens is 3. The van der Waals surface area contributed by atoms with Gasteiger partial charge in [-0.1, -0.05) is 78.3 Å². The maximum absolute atomic E-state index is 13.3. The maximum atomic E-state index is 13.3. The van der Waals surface area contributed by atoms with Crippen LogP contribution in [0.5, 0.6) is 0 Å². The second-order valence-electron chi connectivity index (χ2n) is 10.3. The van der Waals surface area contributed by atoms with Gasteiger partial charge in [-0.15, -0.1) is 0 Å². The highest BCUT2D eigenvalue weighted by molar-refractivity contribution is 6.30. The summed E-state index contributed by atoms with van der Waals surface area (Å²) in [5.74, 6) is 1.66. The first-order valence-corrected chi connectivity index (χ1v) is 13.8. The van der Waals surface area contributed by atoms with Crippen molar-refractivity contribution in [3.05, 3.63) is 108 Å². The summed E-state index contributed by atoms with van der Waals surface area (Å²) >= 11 is 6.35. The molecule has 1 saturated carbocycles. The monoisotopic (exact) mass is 533 g/mol. The molecule has 7 rings (SSSR count). The Kier molecular flexibility index (Phi) is 6.05. The number of anilines is 1. The lowest BCUT2D eigenvalue weighted by atomic mass is 10.1. The lowest BCUT2D eigenvalue weighted by Gasteiger charge is -2.36. The van der Waals surface area contributed by atoms with Gasteiger partial charge in [-0.2, -0.15) is 0 Å². The van der Waals surface area contributed by atoms with Crippen LogP contribution in [-0.4, -0.2) is 51.5 Å². The SMILES string of the molecule is O=C(C1CC1c1ccccc1)N1CCN(c2ncnc3c2c(-c2ccccc2)cn3-c2cccc(Cl)c2)CC1. The third-order valence-electron chi connectivity index (χ3n) is 7.96. The van der Waals surface area contributed by atoms with E-state index in [1.54, 1.807) is 6.33 Å². The predicted octanol–water partition coefficient (Wildman–Crippen LogP) is 6.19. The van der Waals surface area contributed by atoms with Crippen molar-refractivity contribution in [2.24, 2.45) is 5.92 Å². The van der Waals surface area contributed by atoms with Crippen LogP contribution in [0.4, 0.5) is 5.82 Å². The highest BCUT2D eigenvalue weighted by atomic mass is 35.5. The van der Waals surface area contributed by atoms with Crippen LogP contribution >= 0.6 is 11.6 Å². The lowest BCUT2D eigenvalue weighted by molar-refractivity contribution is -0.133. The third kappa shape index (κ3) is 4.45. The van der Waals surface area contributed by atoms with Crippen LogP contribution in [0.3, 0.4) is 0 Å². The summed E-state index contributed by atoms with van der Waals surface area (Å²) in [6.45, 7) is 2.85. The van der Waals surface area contributed by atoms with Gasteiger partial charge in [-0.3, -0.25) is 4.79 Å². The van der Waals surface area contributed by atoms with Gasteiger partial charge in [-0.05, 0) is 41.7 Å². The van der Waals surface area contributed by atoms with Gasteiger partial charge in [-0.25, -0.2) is 9.97 Å². The molecule has 7 heteroatoms. The van der Waals surface area contributed by atoms with E-state index in [-0.39, 0.29) is 11.8 Å². The van der Waals surface area contributed by atoms with E-state index >= 15 is 0 Å². The van der Waals surface area contributed by atoms with Gasteiger partial charge < -0.3 is 14.4 Å². The van der Waals surface area contributed by atoms with Gasteiger partial charge in [0.1, 0.15) is 12.1 Å². The molecule has 1 amide bonds. The van der Waals surface area contributed by atoms with Crippen LogP contribution < -0.4 is 4.90 Å². The van der Waals surface area contributed by atoms with Crippen molar-refractivity contribution in [2.45, 2.75) is 12.3 Å². The molecule has 2 aromatic heterocycles. The van der Waals surface area contributed by atoms with Crippen molar-refractivity contribution < 1.29 is 4.79 Å². The molecule has 0 radical (unpaired) electrons. The van der Waals surface area contributed by atoms with Crippen LogP contribution in [0.25, 0.3) is 27.8 Å². The number of hydrogen-bond donors (Lipinski definition) is 0. The Hall–Kier alpha value is -4.16. The second kappa shape index (κ2) is 9.86. The molecule has 2 aliphatic rings. The van der Waals surface area contributed by atoms with E-state index in [0.717, 1.165) is 53.2 Å². The highest BCUT2D eigenvalue weighted by Gasteiger charge is 2.46. The predicted molar refractivity (Wildman–Crippen MR) is 155 cm³/mol. The first-order valence-electron chi connectivity index (χ1n) is 13.4. The summed E-state index contributed by atoms with van der Waals surface area (Å²) < 4.78 is 2.09. The standard InChI is InChI=1S/C32H28ClN5O/c33-24-12-7-13-25(18-24)38-20-28(23-10-5-2-6-11-23)29-30(34-21-35-31(29)38)36-14-16-37(17-15-36)32(39)27-19-26(27)22-8-3-1-4-9-22/h1-13,18,20-21,26-27H,14-17,19H2. The molecule has 1 saturated heterocycles. The Labute approximate surface area is 232 Å². The number of rotatable bonds is 5. The van der Waals surface area contributed by atoms with Crippen LogP contribution in [-0.2, 0) is 4.79 Å². The third-order valence-corrected chi connectivity index (χ3v) is 8.20. The number of carbonyl (C=O) groups excluding carboxylic acids is 1. The zero-order valence-corrected chi connectivity index (χ0v) is 22.2. The summed E-state index contributed by atoms with van der Waals surface area (Å²) in [4.78, 5) is 27.1. The number of benzene rings is 3. The van der Waals surface area contributed by atoms with Gasteiger partial charge in [0.25, 0.3) is 0 Å². The quantitative estimate of drug-likeness (QED) is 0.270. The molecule has 5 aromatic rings. The van der Waals surface area contributed by atoms with E-state index in [2.05, 4.69) is 52.1 Å². The van der Waals surface area contributed by atoms with Crippen molar-refractivity contribution in [2.75, 3.05) is 31.1 Å². The van der Waals surface area contributed by atoms with E-state index in [1.807, 2.05) is 53.4 Å². The van der Waals surface area contributed by atoms with E-state index in [1.165, 1.54) is 5.56 Å². The summed E-state index contributed by atoms with van der Waals surface area (Å²) in [5.41, 5.74) is 5.24. The van der Waals surface area contributed by atoms with Gasteiger partial charge >= 0.3 is 0 Å². The zero-order chi connectivity index (χ0) is 26.3.